The lowest BCUT2D eigenvalue weighted by Gasteiger charge is -2.30. The van der Waals surface area contributed by atoms with Crippen molar-refractivity contribution in [3.05, 3.63) is 10.0 Å². The number of nitriles is 1. The smallest absolute Gasteiger partial charge is 0.188 e. The molecule has 0 aliphatic carbocycles. The number of nitrogens with two attached hydrogens (primary N) is 1. The van der Waals surface area contributed by atoms with Crippen molar-refractivity contribution in [2.45, 2.75) is 18.9 Å². The van der Waals surface area contributed by atoms with Crippen molar-refractivity contribution in [3.63, 3.8) is 0 Å². The molecule has 1 saturated heterocycles. The zero-order valence-corrected chi connectivity index (χ0v) is 9.68. The van der Waals surface area contributed by atoms with Crippen molar-refractivity contribution in [2.75, 3.05) is 18.0 Å². The normalized spacial score (nSPS) is 21.4. The zero-order valence-electron chi connectivity index (χ0n) is 8.11. The van der Waals surface area contributed by atoms with Crippen LogP contribution in [0.2, 0.25) is 5.15 Å². The molecule has 0 amide bonds. The highest BCUT2D eigenvalue weighted by Gasteiger charge is 2.20. The van der Waals surface area contributed by atoms with Gasteiger partial charge in [0.2, 0.25) is 0 Å². The van der Waals surface area contributed by atoms with E-state index in [9.17, 15) is 0 Å². The first-order valence-corrected chi connectivity index (χ1v) is 5.97. The van der Waals surface area contributed by atoms with E-state index in [4.69, 9.17) is 22.6 Å². The molecule has 2 rings (SSSR count). The van der Waals surface area contributed by atoms with Crippen molar-refractivity contribution in [1.29, 1.82) is 5.26 Å². The Kier molecular flexibility index (Phi) is 3.10. The standard InChI is InChI=1S/C9H11ClN4S/c10-8-7(4-11)15-9(13-8)14-3-1-2-6(12)5-14/h6H,1-3,5,12H2. The molecule has 0 aromatic carbocycles. The molecular weight excluding hydrogens is 232 g/mol. The first kappa shape index (κ1) is 10.7. The number of nitrogens with zero attached hydrogens (tertiary/aromatic N) is 3. The Hall–Kier alpha value is -0.830. The van der Waals surface area contributed by atoms with E-state index in [1.807, 2.05) is 6.07 Å². The molecule has 2 heterocycles. The lowest BCUT2D eigenvalue weighted by atomic mass is 10.1. The first-order valence-electron chi connectivity index (χ1n) is 4.77. The predicted molar refractivity (Wildman–Crippen MR) is 61.3 cm³/mol. The minimum absolute atomic E-state index is 0.201. The van der Waals surface area contributed by atoms with Crippen LogP contribution in [0.1, 0.15) is 17.7 Å². The fourth-order valence-electron chi connectivity index (χ4n) is 1.68. The van der Waals surface area contributed by atoms with Gasteiger partial charge in [-0.3, -0.25) is 0 Å². The van der Waals surface area contributed by atoms with Crippen molar-refractivity contribution < 1.29 is 0 Å². The minimum Gasteiger partial charge on any atom is -0.346 e. The third-order valence-electron chi connectivity index (χ3n) is 2.40. The number of aromatic nitrogens is 1. The molecule has 4 nitrogen and oxygen atoms in total. The maximum absolute atomic E-state index is 8.77. The van der Waals surface area contributed by atoms with E-state index in [-0.39, 0.29) is 6.04 Å². The second kappa shape index (κ2) is 4.35. The van der Waals surface area contributed by atoms with Gasteiger partial charge in [-0.25, -0.2) is 4.98 Å². The van der Waals surface area contributed by atoms with Crippen LogP contribution >= 0.6 is 22.9 Å². The van der Waals surface area contributed by atoms with Crippen LogP contribution in [0.5, 0.6) is 0 Å². The van der Waals surface area contributed by atoms with Gasteiger partial charge in [0, 0.05) is 19.1 Å². The van der Waals surface area contributed by atoms with Gasteiger partial charge < -0.3 is 10.6 Å². The van der Waals surface area contributed by atoms with Crippen LogP contribution in [-0.2, 0) is 0 Å². The second-order valence-corrected chi connectivity index (χ2v) is 4.91. The molecule has 1 unspecified atom stereocenters. The van der Waals surface area contributed by atoms with Crippen molar-refractivity contribution in [1.82, 2.24) is 4.98 Å². The average Bonchev–Trinajstić information content (AvgIpc) is 2.60. The second-order valence-electron chi connectivity index (χ2n) is 3.58. The van der Waals surface area contributed by atoms with Crippen LogP contribution in [0.4, 0.5) is 5.13 Å². The highest BCUT2D eigenvalue weighted by molar-refractivity contribution is 7.16. The van der Waals surface area contributed by atoms with E-state index >= 15 is 0 Å². The zero-order chi connectivity index (χ0) is 10.8. The molecule has 1 aliphatic heterocycles. The van der Waals surface area contributed by atoms with Crippen LogP contribution in [0.15, 0.2) is 0 Å². The van der Waals surface area contributed by atoms with Gasteiger partial charge in [-0.1, -0.05) is 22.9 Å². The van der Waals surface area contributed by atoms with E-state index in [1.54, 1.807) is 0 Å². The third kappa shape index (κ3) is 2.23. The number of halogens is 1. The summed E-state index contributed by atoms with van der Waals surface area (Å²) in [7, 11) is 0. The van der Waals surface area contributed by atoms with Gasteiger partial charge in [0.25, 0.3) is 0 Å². The molecule has 80 valence electrons. The summed E-state index contributed by atoms with van der Waals surface area (Å²) in [6, 6.07) is 2.23. The van der Waals surface area contributed by atoms with Gasteiger partial charge in [0.1, 0.15) is 10.9 Å². The summed E-state index contributed by atoms with van der Waals surface area (Å²) >= 11 is 7.15. The Labute approximate surface area is 97.3 Å². The molecule has 1 aromatic rings. The number of piperidine rings is 1. The van der Waals surface area contributed by atoms with E-state index in [2.05, 4.69) is 9.88 Å². The fourth-order valence-corrected chi connectivity index (χ4v) is 2.76. The predicted octanol–water partition coefficient (Wildman–Crippen LogP) is 1.60. The Morgan fingerprint density at radius 2 is 2.47 bits per heavy atom. The molecule has 1 aliphatic rings. The van der Waals surface area contributed by atoms with Gasteiger partial charge in [-0.2, -0.15) is 5.26 Å². The van der Waals surface area contributed by atoms with Crippen molar-refractivity contribution in [3.8, 4) is 6.07 Å². The molecular formula is C9H11ClN4S. The van der Waals surface area contributed by atoms with E-state index in [1.165, 1.54) is 11.3 Å². The Morgan fingerprint density at radius 3 is 3.07 bits per heavy atom. The summed E-state index contributed by atoms with van der Waals surface area (Å²) in [5, 5.41) is 9.89. The maximum Gasteiger partial charge on any atom is 0.188 e. The molecule has 2 N–H and O–H groups in total. The number of anilines is 1. The Morgan fingerprint density at radius 1 is 1.67 bits per heavy atom. The van der Waals surface area contributed by atoms with E-state index in [0.29, 0.717) is 10.0 Å². The number of hydrogen-bond acceptors (Lipinski definition) is 5. The summed E-state index contributed by atoms with van der Waals surface area (Å²) < 4.78 is 0. The van der Waals surface area contributed by atoms with Crippen LogP contribution in [-0.4, -0.2) is 24.1 Å². The summed E-state index contributed by atoms with van der Waals surface area (Å²) in [5.41, 5.74) is 5.88. The van der Waals surface area contributed by atoms with Crippen LogP contribution in [0.25, 0.3) is 0 Å². The maximum atomic E-state index is 8.77. The molecule has 0 bridgehead atoms. The highest BCUT2D eigenvalue weighted by Crippen LogP contribution is 2.30. The van der Waals surface area contributed by atoms with Crippen LogP contribution in [0.3, 0.4) is 0 Å². The molecule has 15 heavy (non-hydrogen) atoms. The molecule has 0 spiro atoms. The molecule has 1 fully saturated rings. The number of thiazole rings is 1. The van der Waals surface area contributed by atoms with Gasteiger partial charge in [-0.05, 0) is 12.8 Å². The summed E-state index contributed by atoms with van der Waals surface area (Å²) in [6.07, 6.45) is 2.13. The van der Waals surface area contributed by atoms with Crippen LogP contribution < -0.4 is 10.6 Å². The summed E-state index contributed by atoms with van der Waals surface area (Å²) in [5.74, 6) is 0. The van der Waals surface area contributed by atoms with Crippen molar-refractivity contribution >= 4 is 28.1 Å². The first-order chi connectivity index (χ1) is 7.20. The largest absolute Gasteiger partial charge is 0.346 e. The van der Waals surface area contributed by atoms with Crippen molar-refractivity contribution in [2.24, 2.45) is 5.73 Å². The fraction of sp³-hybridized carbons (Fsp3) is 0.556. The summed E-state index contributed by atoms with van der Waals surface area (Å²) in [6.45, 7) is 1.75. The molecule has 0 radical (unpaired) electrons. The van der Waals surface area contributed by atoms with Gasteiger partial charge in [-0.15, -0.1) is 0 Å². The number of hydrogen-bond donors (Lipinski definition) is 1. The molecule has 1 atom stereocenters. The van der Waals surface area contributed by atoms with Crippen LogP contribution in [0, 0.1) is 11.3 Å². The SMILES string of the molecule is N#Cc1sc(N2CCCC(N)C2)nc1Cl. The van der Waals surface area contributed by atoms with E-state index < -0.39 is 0 Å². The quantitative estimate of drug-likeness (QED) is 0.812. The molecule has 6 heteroatoms. The monoisotopic (exact) mass is 242 g/mol. The molecule has 1 aromatic heterocycles. The van der Waals surface area contributed by atoms with Gasteiger partial charge in [0.15, 0.2) is 10.3 Å². The Bertz CT molecular complexity index is 397. The summed E-state index contributed by atoms with van der Waals surface area (Å²) in [4.78, 5) is 6.75. The van der Waals surface area contributed by atoms with E-state index in [0.717, 1.165) is 31.1 Å². The highest BCUT2D eigenvalue weighted by atomic mass is 35.5. The van der Waals surface area contributed by atoms with Gasteiger partial charge in [0.05, 0.1) is 0 Å². The average molecular weight is 243 g/mol. The lowest BCUT2D eigenvalue weighted by Crippen LogP contribution is -2.42. The lowest BCUT2D eigenvalue weighted by molar-refractivity contribution is 0.505. The van der Waals surface area contributed by atoms with Gasteiger partial charge >= 0.3 is 0 Å². The Balaban J connectivity index is 2.18. The third-order valence-corrected chi connectivity index (χ3v) is 3.81. The number of rotatable bonds is 1. The minimum atomic E-state index is 0.201. The molecule has 0 saturated carbocycles. The topological polar surface area (TPSA) is 65.9 Å².